The number of halogens is 2. The standard InChI is InChI=1S/C7H7BrClOS/c1-5(8)7(10)11-4-2-3-6(11)9/h2-5H,1H3/q+1. The van der Waals surface area contributed by atoms with Gasteiger partial charge in [0.2, 0.25) is 4.34 Å². The Hall–Kier alpha value is 0.140. The van der Waals surface area contributed by atoms with Crippen LogP contribution in [0.2, 0.25) is 4.34 Å². The summed E-state index contributed by atoms with van der Waals surface area (Å²) in [6.07, 6.45) is 0. The van der Waals surface area contributed by atoms with Crippen molar-refractivity contribution in [3.63, 3.8) is 0 Å². The van der Waals surface area contributed by atoms with Gasteiger partial charge in [0.1, 0.15) is 10.2 Å². The fourth-order valence-electron chi connectivity index (χ4n) is 0.670. The molecule has 0 spiro atoms. The molecule has 1 nitrogen and oxygen atoms in total. The molecule has 0 aliphatic rings. The lowest BCUT2D eigenvalue weighted by atomic mass is 10.6. The second-order valence-electron chi connectivity index (χ2n) is 2.07. The highest BCUT2D eigenvalue weighted by Crippen LogP contribution is 2.32. The molecule has 0 amide bonds. The number of thiophene rings is 1. The Balaban J connectivity index is 2.93. The lowest BCUT2D eigenvalue weighted by molar-refractivity contribution is 0.104. The molecule has 0 saturated heterocycles. The average Bonchev–Trinajstić information content (AvgIpc) is 2.33. The predicted molar refractivity (Wildman–Crippen MR) is 52.9 cm³/mol. The fourth-order valence-corrected chi connectivity index (χ4v) is 3.00. The van der Waals surface area contributed by atoms with E-state index in [1.165, 1.54) is 0 Å². The molecule has 1 aromatic heterocycles. The molecule has 0 N–H and O–H groups in total. The molecule has 0 bridgehead atoms. The molecular formula is C7H7BrClOS+. The molecule has 60 valence electrons. The van der Waals surface area contributed by atoms with E-state index in [9.17, 15) is 4.79 Å². The van der Waals surface area contributed by atoms with E-state index in [2.05, 4.69) is 15.9 Å². The van der Waals surface area contributed by atoms with Crippen LogP contribution >= 0.6 is 38.0 Å². The first-order valence-electron chi connectivity index (χ1n) is 3.08. The van der Waals surface area contributed by atoms with Gasteiger partial charge in [-0.3, -0.25) is 0 Å². The van der Waals surface area contributed by atoms with Gasteiger partial charge in [0, 0.05) is 6.07 Å². The second-order valence-corrected chi connectivity index (χ2v) is 5.87. The number of alkyl halides is 1. The Labute approximate surface area is 81.5 Å². The summed E-state index contributed by atoms with van der Waals surface area (Å²) in [6.45, 7) is 1.81. The van der Waals surface area contributed by atoms with Gasteiger partial charge in [0.05, 0.1) is 10.5 Å². The summed E-state index contributed by atoms with van der Waals surface area (Å²) >= 11 is 9.00. The van der Waals surface area contributed by atoms with Gasteiger partial charge >= 0.3 is 5.12 Å². The maximum absolute atomic E-state index is 11.3. The van der Waals surface area contributed by atoms with Crippen LogP contribution in [0.15, 0.2) is 17.5 Å². The van der Waals surface area contributed by atoms with E-state index in [1.54, 1.807) is 6.07 Å². The number of carbonyl (C=O) groups is 1. The summed E-state index contributed by atoms with van der Waals surface area (Å²) in [7, 11) is -0.487. The van der Waals surface area contributed by atoms with Gasteiger partial charge in [0.15, 0.2) is 0 Å². The Morgan fingerprint density at radius 3 is 2.82 bits per heavy atom. The normalized spacial score (nSPS) is 14.6. The third-order valence-electron chi connectivity index (χ3n) is 1.19. The predicted octanol–water partition coefficient (Wildman–Crippen LogP) is 3.51. The smallest absolute Gasteiger partial charge is 0.230 e. The van der Waals surface area contributed by atoms with Crippen LogP contribution in [0.4, 0.5) is 0 Å². The fraction of sp³-hybridized carbons (Fsp3) is 0.286. The molecule has 0 aromatic carbocycles. The van der Waals surface area contributed by atoms with E-state index in [-0.39, 0.29) is 9.94 Å². The number of hydrogen-bond donors (Lipinski definition) is 0. The Morgan fingerprint density at radius 1 is 1.82 bits per heavy atom. The van der Waals surface area contributed by atoms with Gasteiger partial charge in [0.25, 0.3) is 0 Å². The number of hydrogen-bond acceptors (Lipinski definition) is 1. The van der Waals surface area contributed by atoms with Crippen molar-refractivity contribution < 1.29 is 4.79 Å². The van der Waals surface area contributed by atoms with Gasteiger partial charge < -0.3 is 0 Å². The zero-order valence-electron chi connectivity index (χ0n) is 5.88. The maximum atomic E-state index is 11.3. The van der Waals surface area contributed by atoms with E-state index < -0.39 is 10.5 Å². The third kappa shape index (κ3) is 2.04. The number of rotatable bonds is 2. The Kier molecular flexibility index (Phi) is 3.10. The van der Waals surface area contributed by atoms with Crippen LogP contribution in [0.3, 0.4) is 0 Å². The highest BCUT2D eigenvalue weighted by Gasteiger charge is 2.25. The van der Waals surface area contributed by atoms with Gasteiger partial charge in [-0.2, -0.15) is 0 Å². The van der Waals surface area contributed by atoms with Crippen LogP contribution in [0.25, 0.3) is 0 Å². The molecule has 0 saturated carbocycles. The molecular weight excluding hydrogens is 247 g/mol. The summed E-state index contributed by atoms with van der Waals surface area (Å²) in [5, 5.41) is 1.97. The summed E-state index contributed by atoms with van der Waals surface area (Å²) in [5.74, 6) is 0. The van der Waals surface area contributed by atoms with Crippen LogP contribution in [-0.4, -0.2) is 9.94 Å². The molecule has 0 aliphatic heterocycles. The lowest BCUT2D eigenvalue weighted by Gasteiger charge is -1.90. The first-order valence-corrected chi connectivity index (χ1v) is 5.66. The summed E-state index contributed by atoms with van der Waals surface area (Å²) < 4.78 is 0.640. The van der Waals surface area contributed by atoms with Gasteiger partial charge in [-0.05, 0) is 24.6 Å². The van der Waals surface area contributed by atoms with Crippen molar-refractivity contribution >= 4 is 43.1 Å². The van der Waals surface area contributed by atoms with Crippen molar-refractivity contribution in [1.29, 1.82) is 0 Å². The van der Waals surface area contributed by atoms with Crippen LogP contribution in [0.5, 0.6) is 0 Å². The van der Waals surface area contributed by atoms with E-state index in [4.69, 9.17) is 11.6 Å². The summed E-state index contributed by atoms with van der Waals surface area (Å²) in [6, 6.07) is 3.58. The van der Waals surface area contributed by atoms with Gasteiger partial charge in [-0.25, -0.2) is 4.79 Å². The first kappa shape index (κ1) is 9.23. The highest BCUT2D eigenvalue weighted by molar-refractivity contribution is 9.10. The zero-order chi connectivity index (χ0) is 8.43. The summed E-state index contributed by atoms with van der Waals surface area (Å²) in [4.78, 5) is 11.2. The van der Waals surface area contributed by atoms with Crippen LogP contribution in [0.1, 0.15) is 11.7 Å². The van der Waals surface area contributed by atoms with Crippen molar-refractivity contribution in [3.8, 4) is 0 Å². The minimum absolute atomic E-state index is 0.115. The molecule has 0 aliphatic carbocycles. The third-order valence-corrected chi connectivity index (χ3v) is 4.31. The van der Waals surface area contributed by atoms with E-state index >= 15 is 0 Å². The number of carbonyl (C=O) groups excluding carboxylic acids is 1. The molecule has 2 unspecified atom stereocenters. The van der Waals surface area contributed by atoms with E-state index in [1.807, 2.05) is 18.4 Å². The minimum atomic E-state index is -0.487. The molecule has 0 radical (unpaired) electrons. The summed E-state index contributed by atoms with van der Waals surface area (Å²) in [5.41, 5.74) is 0. The van der Waals surface area contributed by atoms with Crippen LogP contribution in [0, 0.1) is 0 Å². The van der Waals surface area contributed by atoms with Gasteiger partial charge in [-0.15, -0.1) is 0 Å². The van der Waals surface area contributed by atoms with Crippen LogP contribution in [-0.2, 0) is 0 Å². The molecule has 1 aromatic rings. The Bertz CT molecular complexity index is 269. The monoisotopic (exact) mass is 253 g/mol. The quantitative estimate of drug-likeness (QED) is 0.583. The van der Waals surface area contributed by atoms with E-state index in [0.29, 0.717) is 4.34 Å². The highest BCUT2D eigenvalue weighted by atomic mass is 79.9. The van der Waals surface area contributed by atoms with Crippen molar-refractivity contribution in [2.75, 3.05) is 0 Å². The average molecular weight is 255 g/mol. The molecule has 4 heteroatoms. The topological polar surface area (TPSA) is 17.1 Å². The Morgan fingerprint density at radius 2 is 2.45 bits per heavy atom. The van der Waals surface area contributed by atoms with Crippen molar-refractivity contribution in [2.45, 2.75) is 11.8 Å². The van der Waals surface area contributed by atoms with Crippen molar-refractivity contribution in [1.82, 2.24) is 0 Å². The second kappa shape index (κ2) is 3.70. The largest absolute Gasteiger partial charge is 0.369 e. The maximum Gasteiger partial charge on any atom is 0.369 e. The molecule has 1 heterocycles. The van der Waals surface area contributed by atoms with E-state index in [0.717, 1.165) is 0 Å². The molecule has 2 atom stereocenters. The van der Waals surface area contributed by atoms with Gasteiger partial charge in [-0.1, -0.05) is 15.9 Å². The van der Waals surface area contributed by atoms with Crippen LogP contribution < -0.4 is 0 Å². The minimum Gasteiger partial charge on any atom is -0.230 e. The first-order chi connectivity index (χ1) is 5.13. The van der Waals surface area contributed by atoms with Crippen molar-refractivity contribution in [3.05, 3.63) is 21.8 Å². The lowest BCUT2D eigenvalue weighted by Crippen LogP contribution is -2.02. The molecule has 1 rings (SSSR count). The van der Waals surface area contributed by atoms with Crippen molar-refractivity contribution in [2.24, 2.45) is 0 Å². The molecule has 0 fully saturated rings. The molecule has 11 heavy (non-hydrogen) atoms. The SMILES string of the molecule is CC(Br)C(=O)[s+]1cccc1Cl. The zero-order valence-corrected chi connectivity index (χ0v) is 9.04.